The molecule has 5 aromatic rings. The molecule has 4 N–H and O–H groups in total. The standard InChI is InChI=1S/C46H45N7O8/c1-4-37(54)32-25-49-35-23-39(61-3)30(22-31(35)42(32)51-28-12-7-5-8-13-28)27-17-18-33(48-24-27)38(55)16-9-6-10-21-47-43(57)26(2)50-34-15-11-14-29-41(34)46(60)53(45(29)59)36-19-20-40(56)52-44(36)58/h5,7-8,11-15,17-18,22-26,36,50H,4,6,9-10,16,19-21H2,1-3H3,(H,47,57)(H,49,51)(H,52,56,58). The van der Waals surface area contributed by atoms with Crippen molar-refractivity contribution < 1.29 is 38.3 Å². The van der Waals surface area contributed by atoms with Crippen LogP contribution in [0.25, 0.3) is 22.0 Å². The van der Waals surface area contributed by atoms with E-state index in [0.29, 0.717) is 60.4 Å². The largest absolute Gasteiger partial charge is 0.496 e. The van der Waals surface area contributed by atoms with Crippen LogP contribution in [0.1, 0.15) is 100 Å². The highest BCUT2D eigenvalue weighted by Crippen LogP contribution is 2.39. The number of piperidine rings is 1. The van der Waals surface area contributed by atoms with Crippen LogP contribution in [-0.4, -0.2) is 81.7 Å². The molecule has 312 valence electrons. The van der Waals surface area contributed by atoms with Crippen LogP contribution in [-0.2, 0) is 14.4 Å². The predicted octanol–water partition coefficient (Wildman–Crippen LogP) is 6.40. The third-order valence-corrected chi connectivity index (χ3v) is 10.8. The SMILES string of the molecule is CCC(=O)c1cnc2cc(OC)c(-c3ccc(C(=O)CCCCCNC(=O)C(C)Nc4cccc5c4C(=O)N(C4CCC(=O)NC4=O)C5=O)nc3)cc2c1Nc1ccccc1. The van der Waals surface area contributed by atoms with Crippen LogP contribution >= 0.6 is 0 Å². The topological polar surface area (TPSA) is 206 Å². The van der Waals surface area contributed by atoms with Gasteiger partial charge in [-0.15, -0.1) is 0 Å². The number of methoxy groups -OCH3 is 1. The van der Waals surface area contributed by atoms with Gasteiger partial charge in [-0.05, 0) is 62.6 Å². The van der Waals surface area contributed by atoms with E-state index in [1.807, 2.05) is 55.5 Å². The third-order valence-electron chi connectivity index (χ3n) is 10.8. The van der Waals surface area contributed by atoms with Crippen molar-refractivity contribution >= 4 is 69.1 Å². The van der Waals surface area contributed by atoms with Gasteiger partial charge in [0.2, 0.25) is 17.7 Å². The molecule has 2 unspecified atom stereocenters. The molecule has 0 aliphatic carbocycles. The number of rotatable bonds is 17. The van der Waals surface area contributed by atoms with E-state index in [4.69, 9.17) is 4.74 Å². The number of carbonyl (C=O) groups excluding carboxylic acids is 7. The summed E-state index contributed by atoms with van der Waals surface area (Å²) in [7, 11) is 1.57. The van der Waals surface area contributed by atoms with E-state index in [-0.39, 0.29) is 53.6 Å². The van der Waals surface area contributed by atoms with Crippen LogP contribution in [0.3, 0.4) is 0 Å². The fourth-order valence-corrected chi connectivity index (χ4v) is 7.55. The number of aromatic nitrogens is 2. The highest BCUT2D eigenvalue weighted by atomic mass is 16.5. The highest BCUT2D eigenvalue weighted by Gasteiger charge is 2.45. The summed E-state index contributed by atoms with van der Waals surface area (Å²) in [4.78, 5) is 99.7. The molecule has 2 aliphatic rings. The molecule has 61 heavy (non-hydrogen) atoms. The second-order valence-electron chi connectivity index (χ2n) is 14.9. The number of Topliss-reactive ketones (excluding diaryl/α,β-unsaturated/α-hetero) is 2. The van der Waals surface area contributed by atoms with Crippen molar-refractivity contribution in [3.05, 3.63) is 108 Å². The number of para-hydroxylation sites is 1. The minimum atomic E-state index is -1.10. The zero-order valence-electron chi connectivity index (χ0n) is 34.0. The summed E-state index contributed by atoms with van der Waals surface area (Å²) in [6, 6.07) is 19.6. The number of nitrogens with zero attached hydrogens (tertiary/aromatic N) is 3. The van der Waals surface area contributed by atoms with Crippen LogP contribution in [0.15, 0.2) is 85.2 Å². The lowest BCUT2D eigenvalue weighted by molar-refractivity contribution is -0.136. The number of benzene rings is 3. The molecular formula is C46H45N7O8. The molecule has 15 heteroatoms. The first-order chi connectivity index (χ1) is 29.5. The predicted molar refractivity (Wildman–Crippen MR) is 228 cm³/mol. The Bertz CT molecular complexity index is 2560. The number of nitrogens with one attached hydrogen (secondary N) is 4. The molecule has 7 rings (SSSR count). The molecule has 0 radical (unpaired) electrons. The van der Waals surface area contributed by atoms with Crippen molar-refractivity contribution in [1.82, 2.24) is 25.5 Å². The molecule has 1 saturated heterocycles. The monoisotopic (exact) mass is 823 g/mol. The van der Waals surface area contributed by atoms with Crippen molar-refractivity contribution in [3.8, 4) is 16.9 Å². The minimum Gasteiger partial charge on any atom is -0.496 e. The fourth-order valence-electron chi connectivity index (χ4n) is 7.55. The lowest BCUT2D eigenvalue weighted by atomic mass is 9.98. The minimum absolute atomic E-state index is 0.0119. The van der Waals surface area contributed by atoms with Gasteiger partial charge in [-0.2, -0.15) is 0 Å². The highest BCUT2D eigenvalue weighted by molar-refractivity contribution is 6.25. The van der Waals surface area contributed by atoms with E-state index >= 15 is 0 Å². The molecule has 2 atom stereocenters. The summed E-state index contributed by atoms with van der Waals surface area (Å²) in [6.45, 7) is 3.80. The van der Waals surface area contributed by atoms with Crippen LogP contribution < -0.4 is 26.0 Å². The molecule has 15 nitrogen and oxygen atoms in total. The van der Waals surface area contributed by atoms with Crippen molar-refractivity contribution in [2.75, 3.05) is 24.3 Å². The van der Waals surface area contributed by atoms with Gasteiger partial charge in [-0.1, -0.05) is 43.7 Å². The summed E-state index contributed by atoms with van der Waals surface area (Å²) in [5.74, 6) is -2.37. The molecule has 4 heterocycles. The van der Waals surface area contributed by atoms with Gasteiger partial charge in [0, 0.05) is 72.2 Å². The molecule has 0 bridgehead atoms. The van der Waals surface area contributed by atoms with Crippen LogP contribution in [0.4, 0.5) is 17.1 Å². The maximum Gasteiger partial charge on any atom is 0.264 e. The van der Waals surface area contributed by atoms with Crippen LogP contribution in [0.2, 0.25) is 0 Å². The summed E-state index contributed by atoms with van der Waals surface area (Å²) in [6.07, 6.45) is 5.74. The zero-order valence-corrected chi connectivity index (χ0v) is 34.0. The average Bonchev–Trinajstić information content (AvgIpc) is 3.53. The Balaban J connectivity index is 0.917. The van der Waals surface area contributed by atoms with Gasteiger partial charge in [-0.25, -0.2) is 0 Å². The quantitative estimate of drug-likeness (QED) is 0.0457. The number of imide groups is 2. The van der Waals surface area contributed by atoms with E-state index in [0.717, 1.165) is 27.1 Å². The van der Waals surface area contributed by atoms with Gasteiger partial charge < -0.3 is 20.7 Å². The molecule has 2 aliphatic heterocycles. The molecule has 2 aromatic heterocycles. The number of unbranched alkanes of at least 4 members (excludes halogenated alkanes) is 2. The molecule has 3 aromatic carbocycles. The molecular weight excluding hydrogens is 779 g/mol. The maximum atomic E-state index is 13.4. The van der Waals surface area contributed by atoms with E-state index in [1.165, 1.54) is 6.07 Å². The summed E-state index contributed by atoms with van der Waals surface area (Å²) in [5, 5.41) is 12.2. The maximum absolute atomic E-state index is 13.4. The number of pyridine rings is 2. The van der Waals surface area contributed by atoms with Gasteiger partial charge in [-0.3, -0.25) is 53.7 Å². The lowest BCUT2D eigenvalue weighted by Crippen LogP contribution is -2.54. The number of ether oxygens (including phenoxy) is 1. The van der Waals surface area contributed by atoms with Gasteiger partial charge >= 0.3 is 0 Å². The van der Waals surface area contributed by atoms with Crippen molar-refractivity contribution in [1.29, 1.82) is 0 Å². The number of hydrogen-bond acceptors (Lipinski definition) is 12. The number of ketones is 2. The first kappa shape index (κ1) is 41.9. The lowest BCUT2D eigenvalue weighted by Gasteiger charge is -2.27. The van der Waals surface area contributed by atoms with Crippen LogP contribution in [0.5, 0.6) is 5.75 Å². The third kappa shape index (κ3) is 8.86. The fraction of sp³-hybridized carbons (Fsp3) is 0.283. The van der Waals surface area contributed by atoms with E-state index in [1.54, 1.807) is 44.6 Å². The van der Waals surface area contributed by atoms with E-state index in [9.17, 15) is 33.6 Å². The summed E-state index contributed by atoms with van der Waals surface area (Å²) in [5.41, 5.74) is 4.83. The Morgan fingerprint density at radius 2 is 1.69 bits per heavy atom. The zero-order chi connectivity index (χ0) is 43.2. The Labute approximate surface area is 351 Å². The average molecular weight is 824 g/mol. The smallest absolute Gasteiger partial charge is 0.264 e. The molecule has 5 amide bonds. The first-order valence-corrected chi connectivity index (χ1v) is 20.2. The normalized spacial score (nSPS) is 15.3. The Kier molecular flexibility index (Phi) is 12.6. The van der Waals surface area contributed by atoms with Crippen molar-refractivity contribution in [2.24, 2.45) is 0 Å². The second kappa shape index (κ2) is 18.3. The number of amides is 5. The second-order valence-corrected chi connectivity index (χ2v) is 14.9. The van der Waals surface area contributed by atoms with Gasteiger partial charge in [0.05, 0.1) is 35.0 Å². The Hall–Kier alpha value is -7.29. The first-order valence-electron chi connectivity index (χ1n) is 20.2. The molecule has 0 saturated carbocycles. The summed E-state index contributed by atoms with van der Waals surface area (Å²) >= 11 is 0. The number of carbonyl (C=O) groups is 7. The number of hydrogen-bond donors (Lipinski definition) is 4. The van der Waals surface area contributed by atoms with Crippen LogP contribution in [0, 0.1) is 0 Å². The van der Waals surface area contributed by atoms with Crippen molar-refractivity contribution in [2.45, 2.75) is 70.9 Å². The van der Waals surface area contributed by atoms with E-state index < -0.39 is 35.7 Å². The number of anilines is 3. The van der Waals surface area contributed by atoms with Crippen molar-refractivity contribution in [3.63, 3.8) is 0 Å². The van der Waals surface area contributed by atoms with E-state index in [2.05, 4.69) is 31.2 Å². The van der Waals surface area contributed by atoms with Gasteiger partial charge in [0.1, 0.15) is 23.5 Å². The molecule has 0 spiro atoms. The summed E-state index contributed by atoms with van der Waals surface area (Å²) < 4.78 is 5.74. The Morgan fingerprint density at radius 3 is 2.41 bits per heavy atom. The Morgan fingerprint density at radius 1 is 0.885 bits per heavy atom. The molecule has 1 fully saturated rings. The van der Waals surface area contributed by atoms with Gasteiger partial charge in [0.15, 0.2) is 11.6 Å². The van der Waals surface area contributed by atoms with Gasteiger partial charge in [0.25, 0.3) is 11.8 Å². The number of fused-ring (bicyclic) bond motifs is 2.